The minimum Gasteiger partial charge on any atom is -0.494 e. The molecule has 11 heteroatoms. The lowest BCUT2D eigenvalue weighted by molar-refractivity contribution is -0.140. The number of sulfonamides is 1. The topological polar surface area (TPSA) is 96.0 Å². The van der Waals surface area contributed by atoms with Gasteiger partial charge in [-0.2, -0.15) is 0 Å². The largest absolute Gasteiger partial charge is 0.494 e. The van der Waals surface area contributed by atoms with Crippen LogP contribution in [0.15, 0.2) is 108 Å². The van der Waals surface area contributed by atoms with E-state index in [0.29, 0.717) is 22.4 Å². The minimum atomic E-state index is -4.26. The number of carbonyl (C=O) groups is 2. The van der Waals surface area contributed by atoms with Crippen LogP contribution in [0.5, 0.6) is 5.75 Å². The molecule has 0 heterocycles. The zero-order valence-corrected chi connectivity index (χ0v) is 29.1. The molecule has 1 aliphatic rings. The molecule has 5 rings (SSSR count). The average molecular weight is 709 g/mol. The van der Waals surface area contributed by atoms with E-state index in [1.807, 2.05) is 37.3 Å². The molecule has 1 aliphatic carbocycles. The van der Waals surface area contributed by atoms with E-state index in [1.54, 1.807) is 48.5 Å². The van der Waals surface area contributed by atoms with Crippen molar-refractivity contribution in [2.45, 2.75) is 62.6 Å². The summed E-state index contributed by atoms with van der Waals surface area (Å²) < 4.78 is 35.1. The number of hydrogen-bond acceptors (Lipinski definition) is 5. The minimum absolute atomic E-state index is 0.0221. The third-order valence-corrected chi connectivity index (χ3v) is 10.6. The quantitative estimate of drug-likeness (QED) is 0.149. The highest BCUT2D eigenvalue weighted by atomic mass is 35.5. The van der Waals surface area contributed by atoms with Crippen molar-refractivity contribution in [1.29, 1.82) is 0 Å². The van der Waals surface area contributed by atoms with Crippen LogP contribution < -0.4 is 14.4 Å². The fraction of sp³-hybridized carbons (Fsp3) is 0.297. The van der Waals surface area contributed by atoms with Crippen molar-refractivity contribution in [2.75, 3.05) is 17.5 Å². The van der Waals surface area contributed by atoms with Gasteiger partial charge in [-0.3, -0.25) is 13.9 Å². The van der Waals surface area contributed by atoms with Crippen LogP contribution in [-0.2, 0) is 32.6 Å². The molecule has 0 radical (unpaired) electrons. The lowest BCUT2D eigenvalue weighted by atomic mass is 10.0. The molecule has 1 atom stereocenters. The number of benzene rings is 4. The predicted molar refractivity (Wildman–Crippen MR) is 190 cm³/mol. The van der Waals surface area contributed by atoms with Gasteiger partial charge in [0.25, 0.3) is 10.0 Å². The van der Waals surface area contributed by atoms with Crippen molar-refractivity contribution in [3.8, 4) is 5.75 Å². The SMILES string of the molecule is CCOc1ccc(N(CC(=O)N(Cc2ccc(Cl)cc2)[C@H](Cc2ccccc2)C(=O)NC2CCCC2)S(=O)(=O)c2ccc(Cl)cc2)cc1. The molecule has 2 amide bonds. The highest BCUT2D eigenvalue weighted by molar-refractivity contribution is 7.92. The predicted octanol–water partition coefficient (Wildman–Crippen LogP) is 7.29. The molecule has 1 N–H and O–H groups in total. The van der Waals surface area contributed by atoms with E-state index in [9.17, 15) is 18.0 Å². The van der Waals surface area contributed by atoms with Gasteiger partial charge in [0.2, 0.25) is 11.8 Å². The van der Waals surface area contributed by atoms with Gasteiger partial charge in [-0.1, -0.05) is 78.5 Å². The number of halogens is 2. The van der Waals surface area contributed by atoms with E-state index >= 15 is 0 Å². The average Bonchev–Trinajstić information content (AvgIpc) is 3.60. The van der Waals surface area contributed by atoms with Crippen LogP contribution in [0.2, 0.25) is 10.0 Å². The molecular formula is C37H39Cl2N3O5S. The molecule has 8 nitrogen and oxygen atoms in total. The Morgan fingerprint density at radius 3 is 2.04 bits per heavy atom. The molecular weight excluding hydrogens is 669 g/mol. The van der Waals surface area contributed by atoms with Gasteiger partial charge in [-0.25, -0.2) is 8.42 Å². The van der Waals surface area contributed by atoms with Crippen molar-refractivity contribution in [1.82, 2.24) is 10.2 Å². The molecule has 1 fully saturated rings. The summed E-state index contributed by atoms with van der Waals surface area (Å²) in [5.41, 5.74) is 1.88. The van der Waals surface area contributed by atoms with Gasteiger partial charge in [-0.05, 0) is 91.6 Å². The first kappa shape index (κ1) is 35.3. The van der Waals surface area contributed by atoms with E-state index in [2.05, 4.69) is 5.32 Å². The van der Waals surface area contributed by atoms with Gasteiger partial charge >= 0.3 is 0 Å². The Morgan fingerprint density at radius 1 is 0.833 bits per heavy atom. The van der Waals surface area contributed by atoms with Crippen LogP contribution in [0, 0.1) is 0 Å². The van der Waals surface area contributed by atoms with Crippen LogP contribution in [0.3, 0.4) is 0 Å². The first-order valence-electron chi connectivity index (χ1n) is 16.0. The molecule has 0 saturated heterocycles. The maximum atomic E-state index is 14.6. The van der Waals surface area contributed by atoms with Gasteiger partial charge in [0.05, 0.1) is 17.2 Å². The van der Waals surface area contributed by atoms with Gasteiger partial charge in [0, 0.05) is 29.1 Å². The van der Waals surface area contributed by atoms with Gasteiger partial charge in [0.15, 0.2) is 0 Å². The number of nitrogens with one attached hydrogen (secondary N) is 1. The van der Waals surface area contributed by atoms with E-state index < -0.39 is 28.5 Å². The fourth-order valence-corrected chi connectivity index (χ4v) is 7.51. The Kier molecular flexibility index (Phi) is 12.0. The molecule has 0 unspecified atom stereocenters. The van der Waals surface area contributed by atoms with E-state index in [4.69, 9.17) is 27.9 Å². The van der Waals surface area contributed by atoms with Gasteiger partial charge in [0.1, 0.15) is 18.3 Å². The first-order chi connectivity index (χ1) is 23.1. The molecule has 4 aromatic rings. The summed E-state index contributed by atoms with van der Waals surface area (Å²) in [5, 5.41) is 4.09. The highest BCUT2D eigenvalue weighted by Gasteiger charge is 2.35. The Bertz CT molecular complexity index is 1760. The number of rotatable bonds is 14. The first-order valence-corrected chi connectivity index (χ1v) is 18.2. The van der Waals surface area contributed by atoms with Crippen LogP contribution in [-0.4, -0.2) is 50.4 Å². The van der Waals surface area contributed by atoms with Crippen molar-refractivity contribution < 1.29 is 22.7 Å². The summed E-state index contributed by atoms with van der Waals surface area (Å²) in [6.07, 6.45) is 4.05. The second kappa shape index (κ2) is 16.4. The van der Waals surface area contributed by atoms with Crippen LogP contribution >= 0.6 is 23.2 Å². The number of anilines is 1. The van der Waals surface area contributed by atoms with Crippen molar-refractivity contribution in [2.24, 2.45) is 0 Å². The van der Waals surface area contributed by atoms with Crippen LogP contribution in [0.1, 0.15) is 43.7 Å². The number of ether oxygens (including phenoxy) is 1. The monoisotopic (exact) mass is 707 g/mol. The zero-order valence-electron chi connectivity index (χ0n) is 26.7. The fourth-order valence-electron chi connectivity index (χ4n) is 5.85. The maximum absolute atomic E-state index is 14.6. The molecule has 48 heavy (non-hydrogen) atoms. The smallest absolute Gasteiger partial charge is 0.264 e. The number of nitrogens with zero attached hydrogens (tertiary/aromatic N) is 2. The Hall–Kier alpha value is -4.05. The summed E-state index contributed by atoms with van der Waals surface area (Å²) >= 11 is 12.3. The summed E-state index contributed by atoms with van der Waals surface area (Å²) in [5.74, 6) is -0.257. The lowest BCUT2D eigenvalue weighted by Crippen LogP contribution is -2.54. The van der Waals surface area contributed by atoms with Gasteiger partial charge < -0.3 is 15.0 Å². The maximum Gasteiger partial charge on any atom is 0.264 e. The lowest BCUT2D eigenvalue weighted by Gasteiger charge is -2.34. The number of carbonyl (C=O) groups excluding carboxylic acids is 2. The number of hydrogen-bond donors (Lipinski definition) is 1. The molecule has 0 spiro atoms. The second-order valence-electron chi connectivity index (χ2n) is 11.7. The third kappa shape index (κ3) is 9.09. The third-order valence-electron chi connectivity index (χ3n) is 8.36. The van der Waals surface area contributed by atoms with E-state index in [0.717, 1.165) is 41.1 Å². The Morgan fingerprint density at radius 2 is 1.44 bits per heavy atom. The zero-order chi connectivity index (χ0) is 34.1. The summed E-state index contributed by atoms with van der Waals surface area (Å²) in [6, 6.07) is 28.0. The Labute approximate surface area is 292 Å². The second-order valence-corrected chi connectivity index (χ2v) is 14.5. The van der Waals surface area contributed by atoms with E-state index in [1.165, 1.54) is 29.2 Å². The van der Waals surface area contributed by atoms with Crippen molar-refractivity contribution in [3.05, 3.63) is 124 Å². The van der Waals surface area contributed by atoms with Crippen LogP contribution in [0.4, 0.5) is 5.69 Å². The Balaban J connectivity index is 1.56. The molecule has 0 bridgehead atoms. The highest BCUT2D eigenvalue weighted by Crippen LogP contribution is 2.28. The molecule has 0 aliphatic heterocycles. The molecule has 252 valence electrons. The standard InChI is InChI=1S/C37H39Cl2N3O5S/c1-2-47-33-20-18-32(19-21-33)42(48(45,46)34-22-16-30(39)17-23-34)26-36(43)41(25-28-12-14-29(38)15-13-28)35(24-27-8-4-3-5-9-27)37(44)40-31-10-6-7-11-31/h3-5,8-9,12-23,31,35H,2,6-7,10-11,24-26H2,1H3,(H,40,44)/t35-/m1/s1. The molecule has 0 aromatic heterocycles. The van der Waals surface area contributed by atoms with Gasteiger partial charge in [-0.15, -0.1) is 0 Å². The van der Waals surface area contributed by atoms with Crippen LogP contribution in [0.25, 0.3) is 0 Å². The van der Waals surface area contributed by atoms with E-state index in [-0.39, 0.29) is 35.5 Å². The normalized spacial score (nSPS) is 13.9. The van der Waals surface area contributed by atoms with Crippen molar-refractivity contribution in [3.63, 3.8) is 0 Å². The number of amides is 2. The summed E-state index contributed by atoms with van der Waals surface area (Å²) in [7, 11) is -4.26. The molecule has 1 saturated carbocycles. The summed E-state index contributed by atoms with van der Waals surface area (Å²) in [4.78, 5) is 30.2. The van der Waals surface area contributed by atoms with Crippen molar-refractivity contribution >= 4 is 50.7 Å². The summed E-state index contributed by atoms with van der Waals surface area (Å²) in [6.45, 7) is 1.79. The molecule has 4 aromatic carbocycles.